The summed E-state index contributed by atoms with van der Waals surface area (Å²) in [7, 11) is -1.65. The number of methoxy groups -OCH3 is 1. The first-order valence-corrected chi connectivity index (χ1v) is 11.6. The molecule has 1 aliphatic heterocycles. The van der Waals surface area contributed by atoms with Gasteiger partial charge in [-0.15, -0.1) is 24.0 Å². The Bertz CT molecular complexity index is 918. The summed E-state index contributed by atoms with van der Waals surface area (Å²) in [5.74, 6) is 2.07. The smallest absolute Gasteiger partial charge is 0.193 e. The van der Waals surface area contributed by atoms with Gasteiger partial charge in [0.15, 0.2) is 15.8 Å². The third kappa shape index (κ3) is 6.34. The van der Waals surface area contributed by atoms with Gasteiger partial charge in [0.05, 0.1) is 24.3 Å². The minimum absolute atomic E-state index is 0. The van der Waals surface area contributed by atoms with Crippen molar-refractivity contribution in [3.8, 4) is 5.75 Å². The molecule has 1 heterocycles. The van der Waals surface area contributed by atoms with Crippen molar-refractivity contribution < 1.29 is 13.2 Å². The largest absolute Gasteiger partial charge is 0.497 e. The minimum Gasteiger partial charge on any atom is -0.497 e. The standard InChI is InChI=1S/C22H29N3O3S.HI/c1-3-23-22(24-14-16-29(26,27)21-7-5-4-6-8-21)25-15-13-19(17-25)18-9-11-20(28-2)12-10-18;/h4-12,19H,3,13-17H2,1-2H3,(H,23,24);1H. The molecule has 0 saturated carbocycles. The molecule has 1 unspecified atom stereocenters. The third-order valence-electron chi connectivity index (χ3n) is 5.13. The van der Waals surface area contributed by atoms with Crippen LogP contribution in [0.3, 0.4) is 0 Å². The van der Waals surface area contributed by atoms with Crippen molar-refractivity contribution >= 4 is 39.8 Å². The van der Waals surface area contributed by atoms with Crippen LogP contribution in [0.2, 0.25) is 0 Å². The van der Waals surface area contributed by atoms with Gasteiger partial charge in [-0.3, -0.25) is 4.99 Å². The number of hydrogen-bond donors (Lipinski definition) is 1. The lowest BCUT2D eigenvalue weighted by molar-refractivity contribution is 0.414. The first kappa shape index (κ1) is 24.5. The molecule has 1 aliphatic rings. The fraction of sp³-hybridized carbons (Fsp3) is 0.409. The van der Waals surface area contributed by atoms with E-state index in [9.17, 15) is 8.42 Å². The number of aliphatic imine (C=N–C) groups is 1. The second-order valence-electron chi connectivity index (χ2n) is 7.07. The van der Waals surface area contributed by atoms with Crippen LogP contribution in [0.25, 0.3) is 0 Å². The zero-order valence-corrected chi connectivity index (χ0v) is 20.6. The molecule has 3 rings (SSSR count). The van der Waals surface area contributed by atoms with Crippen molar-refractivity contribution in [3.63, 3.8) is 0 Å². The van der Waals surface area contributed by atoms with Crippen molar-refractivity contribution in [3.05, 3.63) is 60.2 Å². The molecule has 1 fully saturated rings. The Labute approximate surface area is 196 Å². The van der Waals surface area contributed by atoms with Crippen molar-refractivity contribution in [2.24, 2.45) is 4.99 Å². The molecule has 6 nitrogen and oxygen atoms in total. The highest BCUT2D eigenvalue weighted by molar-refractivity contribution is 14.0. The molecule has 0 spiro atoms. The van der Waals surface area contributed by atoms with Gasteiger partial charge in [-0.05, 0) is 43.2 Å². The van der Waals surface area contributed by atoms with Crippen molar-refractivity contribution in [2.45, 2.75) is 24.2 Å². The number of hydrogen-bond acceptors (Lipinski definition) is 4. The number of rotatable bonds is 7. The molecule has 0 aromatic heterocycles. The molecule has 2 aromatic carbocycles. The van der Waals surface area contributed by atoms with Crippen molar-refractivity contribution in [1.29, 1.82) is 0 Å². The molecular weight excluding hydrogens is 513 g/mol. The number of halogens is 1. The summed E-state index contributed by atoms with van der Waals surface area (Å²) in [4.78, 5) is 7.16. The van der Waals surface area contributed by atoms with Crippen LogP contribution in [0.1, 0.15) is 24.8 Å². The van der Waals surface area contributed by atoms with Gasteiger partial charge in [-0.25, -0.2) is 8.42 Å². The Balaban J connectivity index is 0.00000320. The SMILES string of the molecule is CCNC(=NCCS(=O)(=O)c1ccccc1)N1CCC(c2ccc(OC)cc2)C1.I. The van der Waals surface area contributed by atoms with Crippen LogP contribution in [0.15, 0.2) is 64.5 Å². The Morgan fingerprint density at radius 3 is 2.50 bits per heavy atom. The molecule has 30 heavy (non-hydrogen) atoms. The van der Waals surface area contributed by atoms with Gasteiger partial charge in [0.1, 0.15) is 5.75 Å². The van der Waals surface area contributed by atoms with Crippen molar-refractivity contribution in [2.75, 3.05) is 39.0 Å². The van der Waals surface area contributed by atoms with E-state index < -0.39 is 9.84 Å². The van der Waals surface area contributed by atoms with Gasteiger partial charge in [-0.1, -0.05) is 30.3 Å². The van der Waals surface area contributed by atoms with Crippen LogP contribution in [-0.2, 0) is 9.84 Å². The fourth-order valence-corrected chi connectivity index (χ4v) is 4.68. The number of guanidine groups is 1. The lowest BCUT2D eigenvalue weighted by atomic mass is 9.98. The van der Waals surface area contributed by atoms with E-state index in [2.05, 4.69) is 27.3 Å². The topological polar surface area (TPSA) is 71.0 Å². The highest BCUT2D eigenvalue weighted by Gasteiger charge is 2.26. The van der Waals surface area contributed by atoms with E-state index in [0.29, 0.717) is 10.8 Å². The highest BCUT2D eigenvalue weighted by atomic mass is 127. The van der Waals surface area contributed by atoms with Gasteiger partial charge >= 0.3 is 0 Å². The number of ether oxygens (including phenoxy) is 1. The maximum Gasteiger partial charge on any atom is 0.193 e. The molecule has 1 atom stereocenters. The van der Waals surface area contributed by atoms with Crippen LogP contribution in [-0.4, -0.2) is 58.3 Å². The average molecular weight is 543 g/mol. The Hall–Kier alpha value is -1.81. The highest BCUT2D eigenvalue weighted by Crippen LogP contribution is 2.28. The monoisotopic (exact) mass is 543 g/mol. The number of sulfone groups is 1. The van der Waals surface area contributed by atoms with Crippen LogP contribution in [0.4, 0.5) is 0 Å². The Kier molecular flexibility index (Phi) is 9.41. The van der Waals surface area contributed by atoms with E-state index in [1.165, 1.54) is 5.56 Å². The lowest BCUT2D eigenvalue weighted by Gasteiger charge is -2.22. The second kappa shape index (κ2) is 11.5. The second-order valence-corrected chi connectivity index (χ2v) is 9.18. The van der Waals surface area contributed by atoms with E-state index in [1.807, 2.05) is 25.1 Å². The molecular formula is C22H30IN3O3S. The Morgan fingerprint density at radius 2 is 1.87 bits per heavy atom. The summed E-state index contributed by atoms with van der Waals surface area (Å²) in [6.45, 7) is 4.77. The van der Waals surface area contributed by atoms with Crippen molar-refractivity contribution in [1.82, 2.24) is 10.2 Å². The van der Waals surface area contributed by atoms with Gasteiger partial charge in [-0.2, -0.15) is 0 Å². The van der Waals surface area contributed by atoms with Crippen LogP contribution in [0.5, 0.6) is 5.75 Å². The zero-order valence-electron chi connectivity index (χ0n) is 17.5. The summed E-state index contributed by atoms with van der Waals surface area (Å²) in [6.07, 6.45) is 1.04. The first-order chi connectivity index (χ1) is 14.0. The van der Waals surface area contributed by atoms with Gasteiger partial charge in [0.25, 0.3) is 0 Å². The van der Waals surface area contributed by atoms with Crippen LogP contribution in [0, 0.1) is 0 Å². The fourth-order valence-electron chi connectivity index (χ4n) is 3.54. The number of nitrogens with zero attached hydrogens (tertiary/aromatic N) is 2. The predicted molar refractivity (Wildman–Crippen MR) is 132 cm³/mol. The number of benzene rings is 2. The van der Waals surface area contributed by atoms with E-state index in [4.69, 9.17) is 4.74 Å². The zero-order chi connectivity index (χ0) is 20.7. The maximum atomic E-state index is 12.5. The first-order valence-electron chi connectivity index (χ1n) is 9.98. The molecule has 1 saturated heterocycles. The van der Waals surface area contributed by atoms with Gasteiger partial charge < -0.3 is 15.0 Å². The predicted octanol–water partition coefficient (Wildman–Crippen LogP) is 3.54. The molecule has 0 radical (unpaired) electrons. The third-order valence-corrected chi connectivity index (χ3v) is 6.84. The molecule has 1 N–H and O–H groups in total. The average Bonchev–Trinajstić information content (AvgIpc) is 3.24. The van der Waals surface area contributed by atoms with Crippen LogP contribution < -0.4 is 10.1 Å². The summed E-state index contributed by atoms with van der Waals surface area (Å²) >= 11 is 0. The molecule has 8 heteroatoms. The normalized spacial score (nSPS) is 16.8. The maximum absolute atomic E-state index is 12.5. The summed E-state index contributed by atoms with van der Waals surface area (Å²) in [5, 5.41) is 3.30. The van der Waals surface area contributed by atoms with E-state index in [0.717, 1.165) is 37.8 Å². The molecule has 0 amide bonds. The van der Waals surface area contributed by atoms with E-state index in [-0.39, 0.29) is 36.3 Å². The molecule has 2 aromatic rings. The molecule has 0 bridgehead atoms. The van der Waals surface area contributed by atoms with E-state index >= 15 is 0 Å². The number of likely N-dealkylation sites (tertiary alicyclic amines) is 1. The summed E-state index contributed by atoms with van der Waals surface area (Å²) in [5.41, 5.74) is 1.29. The lowest BCUT2D eigenvalue weighted by Crippen LogP contribution is -2.40. The van der Waals surface area contributed by atoms with Crippen LogP contribution >= 0.6 is 24.0 Å². The molecule has 164 valence electrons. The Morgan fingerprint density at radius 1 is 1.17 bits per heavy atom. The van der Waals surface area contributed by atoms with Gasteiger partial charge in [0.2, 0.25) is 0 Å². The minimum atomic E-state index is -3.32. The van der Waals surface area contributed by atoms with E-state index in [1.54, 1.807) is 31.4 Å². The summed E-state index contributed by atoms with van der Waals surface area (Å²) in [6, 6.07) is 16.8. The summed E-state index contributed by atoms with van der Waals surface area (Å²) < 4.78 is 30.2. The van der Waals surface area contributed by atoms with Gasteiger partial charge in [0, 0.05) is 25.6 Å². The number of nitrogens with one attached hydrogen (secondary N) is 1. The quantitative estimate of drug-likeness (QED) is 0.329. The molecule has 0 aliphatic carbocycles.